The summed E-state index contributed by atoms with van der Waals surface area (Å²) in [5.74, 6) is 4.79. The van der Waals surface area contributed by atoms with Crippen LogP contribution in [-0.2, 0) is 0 Å². The summed E-state index contributed by atoms with van der Waals surface area (Å²) in [7, 11) is 1.59. The number of rotatable bonds is 13. The molecule has 2 heterocycles. The van der Waals surface area contributed by atoms with E-state index in [1.54, 1.807) is 29.9 Å². The fourth-order valence-corrected chi connectivity index (χ4v) is 9.50. The Labute approximate surface area is 290 Å². The first-order valence-electron chi connectivity index (χ1n) is 16.7. The summed E-state index contributed by atoms with van der Waals surface area (Å²) in [5.41, 5.74) is 8.71. The van der Waals surface area contributed by atoms with Crippen LogP contribution in [0, 0.1) is 12.8 Å². The highest BCUT2D eigenvalue weighted by Gasteiger charge is 2.37. The average molecular weight is 689 g/mol. The number of likely N-dealkylation sites (tertiary alicyclic amines) is 1. The van der Waals surface area contributed by atoms with Gasteiger partial charge < -0.3 is 24.8 Å². The highest BCUT2D eigenvalue weighted by Crippen LogP contribution is 2.40. The maximum Gasteiger partial charge on any atom is 0.265 e. The van der Waals surface area contributed by atoms with Gasteiger partial charge in [0.25, 0.3) is 11.5 Å². The molecule has 1 aromatic heterocycles. The summed E-state index contributed by atoms with van der Waals surface area (Å²) < 4.78 is 20.1. The highest BCUT2D eigenvalue weighted by atomic mass is 32.2. The largest absolute Gasteiger partial charge is 0.493 e. The minimum absolute atomic E-state index is 0.00643. The van der Waals surface area contributed by atoms with E-state index >= 15 is 0 Å². The summed E-state index contributed by atoms with van der Waals surface area (Å²) in [6, 6.07) is 18.6. The molecule has 0 unspecified atom stereocenters. The van der Waals surface area contributed by atoms with E-state index in [-0.39, 0.29) is 23.6 Å². The van der Waals surface area contributed by atoms with E-state index in [2.05, 4.69) is 18.8 Å². The number of hydrogen-bond acceptors (Lipinski definition) is 9. The Morgan fingerprint density at radius 2 is 1.77 bits per heavy atom. The molecular weight excluding hydrogens is 645 g/mol. The zero-order valence-corrected chi connectivity index (χ0v) is 29.6. The number of methoxy groups -OCH3 is 1. The molecule has 1 atom stereocenters. The molecule has 2 fully saturated rings. The predicted molar refractivity (Wildman–Crippen MR) is 196 cm³/mol. The minimum Gasteiger partial charge on any atom is -0.493 e. The monoisotopic (exact) mass is 688 g/mol. The Morgan fingerprint density at radius 3 is 2.48 bits per heavy atom. The summed E-state index contributed by atoms with van der Waals surface area (Å²) >= 11 is 3.84. The smallest absolute Gasteiger partial charge is 0.265 e. The summed E-state index contributed by atoms with van der Waals surface area (Å²) in [4.78, 5) is 33.5. The highest BCUT2D eigenvalue weighted by molar-refractivity contribution is 8.17. The quantitative estimate of drug-likeness (QED) is 0.118. The van der Waals surface area contributed by atoms with Gasteiger partial charge >= 0.3 is 0 Å². The second kappa shape index (κ2) is 15.2. The third kappa shape index (κ3) is 7.12. The number of nitrogens with zero attached hydrogens (tertiary/aromatic N) is 3. The first kappa shape index (κ1) is 34.0. The molecule has 2 aliphatic rings. The molecule has 0 bridgehead atoms. The van der Waals surface area contributed by atoms with Crippen LogP contribution in [0.5, 0.6) is 17.2 Å². The van der Waals surface area contributed by atoms with E-state index in [0.29, 0.717) is 56.6 Å². The molecule has 254 valence electrons. The molecule has 3 aromatic carbocycles. The van der Waals surface area contributed by atoms with Crippen LogP contribution in [-0.4, -0.2) is 68.9 Å². The first-order chi connectivity index (χ1) is 23.3. The minimum atomic E-state index is -0.0894. The fraction of sp³-hybridized carbons (Fsp3) is 0.432. The van der Waals surface area contributed by atoms with E-state index in [0.717, 1.165) is 55.2 Å². The van der Waals surface area contributed by atoms with Gasteiger partial charge in [0.1, 0.15) is 11.6 Å². The number of thioether (sulfide) groups is 2. The van der Waals surface area contributed by atoms with Gasteiger partial charge in [-0.25, -0.2) is 4.98 Å². The SMILES string of the molecule is CCSC(SCC)[C@@H]1CCCN1C(=O)c1cc(OC)c(OC2CC(COc3ccc(-n4c(C)nc5ccccc5c4=O)cc3)C2)cc1N. The predicted octanol–water partition coefficient (Wildman–Crippen LogP) is 6.96. The van der Waals surface area contributed by atoms with Gasteiger partial charge in [-0.05, 0) is 92.5 Å². The number of aromatic nitrogens is 2. The molecule has 1 aliphatic carbocycles. The van der Waals surface area contributed by atoms with E-state index in [1.165, 1.54) is 0 Å². The van der Waals surface area contributed by atoms with Crippen LogP contribution in [0.15, 0.2) is 65.5 Å². The molecule has 1 amide bonds. The fourth-order valence-electron chi connectivity index (χ4n) is 6.63. The van der Waals surface area contributed by atoms with Crippen LogP contribution in [0.3, 0.4) is 0 Å². The van der Waals surface area contributed by atoms with Crippen LogP contribution < -0.4 is 25.5 Å². The molecule has 1 saturated carbocycles. The van der Waals surface area contributed by atoms with Crippen LogP contribution in [0.25, 0.3) is 16.6 Å². The van der Waals surface area contributed by atoms with Gasteiger partial charge in [0.15, 0.2) is 11.5 Å². The van der Waals surface area contributed by atoms with Gasteiger partial charge in [0.05, 0.1) is 52.6 Å². The number of aryl methyl sites for hydroxylation is 1. The molecule has 1 aliphatic heterocycles. The zero-order chi connectivity index (χ0) is 33.8. The van der Waals surface area contributed by atoms with Gasteiger partial charge in [0.2, 0.25) is 0 Å². The summed E-state index contributed by atoms with van der Waals surface area (Å²) in [6.07, 6.45) is 3.69. The number of anilines is 1. The van der Waals surface area contributed by atoms with Crippen LogP contribution in [0.4, 0.5) is 5.69 Å². The van der Waals surface area contributed by atoms with Crippen LogP contribution in [0.1, 0.15) is 55.7 Å². The van der Waals surface area contributed by atoms with Crippen molar-refractivity contribution in [3.8, 4) is 22.9 Å². The lowest BCUT2D eigenvalue weighted by Crippen LogP contribution is -2.41. The number of benzene rings is 3. The van der Waals surface area contributed by atoms with Gasteiger partial charge in [-0.1, -0.05) is 26.0 Å². The molecule has 9 nitrogen and oxygen atoms in total. The first-order valence-corrected chi connectivity index (χ1v) is 18.8. The molecule has 0 radical (unpaired) electrons. The summed E-state index contributed by atoms with van der Waals surface area (Å²) in [5, 5.41) is 0.590. The maximum absolute atomic E-state index is 13.8. The van der Waals surface area contributed by atoms with Crippen molar-refractivity contribution in [1.29, 1.82) is 0 Å². The number of ether oxygens (including phenoxy) is 3. The van der Waals surface area contributed by atoms with Crippen molar-refractivity contribution in [2.45, 2.75) is 63.2 Å². The molecule has 2 N–H and O–H groups in total. The van der Waals surface area contributed by atoms with Crippen LogP contribution >= 0.6 is 23.5 Å². The number of hydrogen-bond donors (Lipinski definition) is 1. The third-order valence-corrected chi connectivity index (χ3v) is 11.9. The number of fused-ring (bicyclic) bond motifs is 1. The van der Waals surface area contributed by atoms with E-state index in [1.807, 2.05) is 77.8 Å². The molecule has 48 heavy (non-hydrogen) atoms. The van der Waals surface area contributed by atoms with Crippen molar-refractivity contribution < 1.29 is 19.0 Å². The number of nitrogen functional groups attached to an aromatic ring is 1. The van der Waals surface area contributed by atoms with Gasteiger partial charge in [0, 0.05) is 18.3 Å². The average Bonchev–Trinajstić information content (AvgIpc) is 3.56. The Balaban J connectivity index is 1.04. The standard InChI is InChI=1S/C37H44N4O5S2/c1-5-47-37(48-6-2)32-12-9-17-40(32)35(42)29-20-33(44-4)34(21-30(29)38)46-27-18-24(19-27)22-45-26-15-13-25(14-16-26)41-23(3)39-31-11-8-7-10-28(31)36(41)43/h7-8,10-11,13-16,20-21,24,27,32,37H,5-6,9,12,17-19,22,38H2,1-4H3/t24?,27?,32-/m0/s1. The van der Waals surface area contributed by atoms with Gasteiger partial charge in [-0.15, -0.1) is 23.5 Å². The van der Waals surface area contributed by atoms with Gasteiger partial charge in [-0.3, -0.25) is 14.2 Å². The van der Waals surface area contributed by atoms with E-state index in [4.69, 9.17) is 19.9 Å². The second-order valence-corrected chi connectivity index (χ2v) is 15.4. The molecule has 4 aromatic rings. The molecule has 11 heteroatoms. The Hall–Kier alpha value is -3.83. The second-order valence-electron chi connectivity index (χ2n) is 12.3. The van der Waals surface area contributed by atoms with Crippen molar-refractivity contribution in [2.75, 3.05) is 37.5 Å². The third-order valence-electron chi connectivity index (χ3n) is 9.11. The Bertz CT molecular complexity index is 1800. The van der Waals surface area contributed by atoms with Gasteiger partial charge in [-0.2, -0.15) is 0 Å². The maximum atomic E-state index is 13.8. The Kier molecular flexibility index (Phi) is 10.8. The summed E-state index contributed by atoms with van der Waals surface area (Å²) in [6.45, 7) is 7.48. The topological polar surface area (TPSA) is 109 Å². The number of carbonyl (C=O) groups excluding carboxylic acids is 1. The number of nitrogens with two attached hydrogens (primary N) is 1. The van der Waals surface area contributed by atoms with E-state index < -0.39 is 0 Å². The number of amides is 1. The van der Waals surface area contributed by atoms with Crippen molar-refractivity contribution in [3.05, 3.63) is 82.4 Å². The lowest BCUT2D eigenvalue weighted by molar-refractivity contribution is 0.0369. The molecule has 1 saturated heterocycles. The normalized spacial score (nSPS) is 19.0. The number of para-hydroxylation sites is 1. The van der Waals surface area contributed by atoms with Crippen molar-refractivity contribution >= 4 is 46.0 Å². The zero-order valence-electron chi connectivity index (χ0n) is 28.0. The van der Waals surface area contributed by atoms with Crippen LogP contribution in [0.2, 0.25) is 0 Å². The Morgan fingerprint density at radius 1 is 1.04 bits per heavy atom. The van der Waals surface area contributed by atoms with E-state index in [9.17, 15) is 9.59 Å². The van der Waals surface area contributed by atoms with Crippen molar-refractivity contribution in [1.82, 2.24) is 14.5 Å². The van der Waals surface area contributed by atoms with Crippen molar-refractivity contribution in [3.63, 3.8) is 0 Å². The molecule has 0 spiro atoms. The number of carbonyl (C=O) groups is 1. The molecular formula is C37H44N4O5S2. The van der Waals surface area contributed by atoms with Crippen molar-refractivity contribution in [2.24, 2.45) is 5.92 Å². The molecule has 6 rings (SSSR count). The lowest BCUT2D eigenvalue weighted by atomic mass is 9.83. The lowest BCUT2D eigenvalue weighted by Gasteiger charge is -2.35.